The second kappa shape index (κ2) is 6.09. The molecule has 1 aliphatic carbocycles. The molecule has 1 aliphatic heterocycles. The van der Waals surface area contributed by atoms with Crippen LogP contribution in [0.15, 0.2) is 0 Å². The minimum atomic E-state index is -3.40. The fourth-order valence-corrected chi connectivity index (χ4v) is 5.11. The molecular formula is C15H28N2O4S. The van der Waals surface area contributed by atoms with E-state index in [1.54, 1.807) is 18.7 Å². The molecule has 1 saturated heterocycles. The first kappa shape index (κ1) is 17.7. The third-order valence-corrected chi connectivity index (χ3v) is 6.78. The quantitative estimate of drug-likeness (QED) is 0.799. The molecule has 1 saturated carbocycles. The number of sulfone groups is 1. The number of nitrogens with zero attached hydrogens (tertiary/aromatic N) is 2. The van der Waals surface area contributed by atoms with Crippen molar-refractivity contribution in [3.8, 4) is 0 Å². The highest BCUT2D eigenvalue weighted by atomic mass is 32.2. The molecule has 1 amide bonds. The molecule has 0 spiro atoms. The minimum absolute atomic E-state index is 0.213. The Hall–Kier alpha value is -0.660. The van der Waals surface area contributed by atoms with E-state index >= 15 is 0 Å². The maximum Gasteiger partial charge on any atom is 0.244 e. The monoisotopic (exact) mass is 332 g/mol. The van der Waals surface area contributed by atoms with Crippen molar-refractivity contribution in [2.45, 2.75) is 49.9 Å². The maximum atomic E-state index is 12.8. The summed E-state index contributed by atoms with van der Waals surface area (Å²) in [4.78, 5) is 16.7. The summed E-state index contributed by atoms with van der Waals surface area (Å²) in [6, 6.07) is 0. The molecule has 22 heavy (non-hydrogen) atoms. The summed E-state index contributed by atoms with van der Waals surface area (Å²) >= 11 is 0. The first-order valence-corrected chi connectivity index (χ1v) is 9.88. The highest BCUT2D eigenvalue weighted by molar-refractivity contribution is 7.92. The normalized spacial score (nSPS) is 23.7. The van der Waals surface area contributed by atoms with E-state index in [1.807, 2.05) is 0 Å². The van der Waals surface area contributed by atoms with Gasteiger partial charge in [0.05, 0.1) is 5.60 Å². The Labute approximate surface area is 133 Å². The molecule has 0 atom stereocenters. The van der Waals surface area contributed by atoms with Crippen molar-refractivity contribution in [2.24, 2.45) is 0 Å². The van der Waals surface area contributed by atoms with Crippen molar-refractivity contribution in [3.05, 3.63) is 0 Å². The molecule has 1 heterocycles. The summed E-state index contributed by atoms with van der Waals surface area (Å²) in [6.07, 6.45) is 3.71. The number of β-amino-alcohol motifs (C(OH)–C–C–N with tert-alkyl or cyclic N) is 1. The topological polar surface area (TPSA) is 77.9 Å². The van der Waals surface area contributed by atoms with E-state index in [1.165, 1.54) is 6.26 Å². The highest BCUT2D eigenvalue weighted by Crippen LogP contribution is 2.38. The van der Waals surface area contributed by atoms with Crippen molar-refractivity contribution < 1.29 is 18.3 Å². The minimum Gasteiger partial charge on any atom is -0.389 e. The van der Waals surface area contributed by atoms with Crippen LogP contribution in [0.5, 0.6) is 0 Å². The summed E-state index contributed by atoms with van der Waals surface area (Å²) in [5, 5.41) is 9.86. The Morgan fingerprint density at radius 1 is 1.14 bits per heavy atom. The SMILES string of the molecule is CC(C)(O)CN1CCN(C(=O)C2(S(C)(=O)=O)CCCC2)CC1. The third-order valence-electron chi connectivity index (χ3n) is 4.78. The number of hydrogen-bond acceptors (Lipinski definition) is 5. The van der Waals surface area contributed by atoms with E-state index in [4.69, 9.17) is 0 Å². The van der Waals surface area contributed by atoms with E-state index in [9.17, 15) is 18.3 Å². The molecule has 128 valence electrons. The van der Waals surface area contributed by atoms with Gasteiger partial charge in [0.15, 0.2) is 14.6 Å². The van der Waals surface area contributed by atoms with E-state index in [0.29, 0.717) is 45.6 Å². The summed E-state index contributed by atoms with van der Waals surface area (Å²) < 4.78 is 23.2. The van der Waals surface area contributed by atoms with Crippen LogP contribution in [0.3, 0.4) is 0 Å². The van der Waals surface area contributed by atoms with Crippen LogP contribution in [0.1, 0.15) is 39.5 Å². The van der Waals surface area contributed by atoms with Gasteiger partial charge in [-0.2, -0.15) is 0 Å². The predicted molar refractivity (Wildman–Crippen MR) is 85.4 cm³/mol. The lowest BCUT2D eigenvalue weighted by Gasteiger charge is -2.40. The number of hydrogen-bond donors (Lipinski definition) is 1. The lowest BCUT2D eigenvalue weighted by molar-refractivity contribution is -0.136. The Balaban J connectivity index is 2.03. The van der Waals surface area contributed by atoms with Crippen LogP contribution in [0.2, 0.25) is 0 Å². The zero-order valence-corrected chi connectivity index (χ0v) is 14.7. The van der Waals surface area contributed by atoms with E-state index in [2.05, 4.69) is 4.90 Å². The van der Waals surface area contributed by atoms with Crippen LogP contribution in [0.25, 0.3) is 0 Å². The van der Waals surface area contributed by atoms with Crippen LogP contribution >= 0.6 is 0 Å². The number of carbonyl (C=O) groups excluding carboxylic acids is 1. The second-order valence-corrected chi connectivity index (χ2v) is 9.68. The molecule has 0 radical (unpaired) electrons. The lowest BCUT2D eigenvalue weighted by atomic mass is 10.0. The van der Waals surface area contributed by atoms with Crippen molar-refractivity contribution in [3.63, 3.8) is 0 Å². The predicted octanol–water partition coefficient (Wildman–Crippen LogP) is 0.259. The second-order valence-electron chi connectivity index (χ2n) is 7.35. The number of amides is 1. The van der Waals surface area contributed by atoms with Gasteiger partial charge in [0.25, 0.3) is 0 Å². The third kappa shape index (κ3) is 3.63. The zero-order chi connectivity index (χ0) is 16.6. The molecule has 1 N–H and O–H groups in total. The molecule has 0 unspecified atom stereocenters. The molecule has 0 bridgehead atoms. The van der Waals surface area contributed by atoms with Gasteiger partial charge in [-0.25, -0.2) is 8.42 Å². The molecule has 0 aromatic rings. The van der Waals surface area contributed by atoms with Gasteiger partial charge in [-0.15, -0.1) is 0 Å². The van der Waals surface area contributed by atoms with Gasteiger partial charge in [-0.05, 0) is 26.7 Å². The summed E-state index contributed by atoms with van der Waals surface area (Å²) in [5.41, 5.74) is -0.758. The molecule has 7 heteroatoms. The van der Waals surface area contributed by atoms with Gasteiger partial charge < -0.3 is 10.0 Å². The average molecular weight is 332 g/mol. The van der Waals surface area contributed by atoms with Crippen molar-refractivity contribution in [1.82, 2.24) is 9.80 Å². The van der Waals surface area contributed by atoms with Gasteiger partial charge in [-0.3, -0.25) is 9.69 Å². The molecule has 2 aliphatic rings. The summed E-state index contributed by atoms with van der Waals surface area (Å²) in [7, 11) is -3.40. The zero-order valence-electron chi connectivity index (χ0n) is 13.8. The van der Waals surface area contributed by atoms with Crippen molar-refractivity contribution >= 4 is 15.7 Å². The van der Waals surface area contributed by atoms with Crippen LogP contribution in [0.4, 0.5) is 0 Å². The first-order valence-electron chi connectivity index (χ1n) is 7.99. The lowest BCUT2D eigenvalue weighted by Crippen LogP contribution is -2.58. The van der Waals surface area contributed by atoms with Crippen LogP contribution in [-0.2, 0) is 14.6 Å². The Morgan fingerprint density at radius 3 is 2.05 bits per heavy atom. The molecule has 6 nitrogen and oxygen atoms in total. The first-order chi connectivity index (χ1) is 10.1. The maximum absolute atomic E-state index is 12.8. The van der Waals surface area contributed by atoms with E-state index < -0.39 is 20.2 Å². The Bertz CT molecular complexity index is 510. The molecular weight excluding hydrogens is 304 g/mol. The molecule has 2 fully saturated rings. The Kier molecular flexibility index (Phi) is 4.90. The van der Waals surface area contributed by atoms with Gasteiger partial charge in [0.2, 0.25) is 5.91 Å². The van der Waals surface area contributed by atoms with Gasteiger partial charge in [-0.1, -0.05) is 12.8 Å². The van der Waals surface area contributed by atoms with Crippen molar-refractivity contribution in [1.29, 1.82) is 0 Å². The number of rotatable bonds is 4. The van der Waals surface area contributed by atoms with E-state index in [-0.39, 0.29) is 5.91 Å². The fourth-order valence-electron chi connectivity index (χ4n) is 3.63. The van der Waals surface area contributed by atoms with Crippen LogP contribution in [-0.4, -0.2) is 78.6 Å². The van der Waals surface area contributed by atoms with E-state index in [0.717, 1.165) is 12.8 Å². The van der Waals surface area contributed by atoms with Gasteiger partial charge in [0.1, 0.15) is 0 Å². The Morgan fingerprint density at radius 2 is 1.64 bits per heavy atom. The highest BCUT2D eigenvalue weighted by Gasteiger charge is 2.51. The largest absolute Gasteiger partial charge is 0.389 e. The molecule has 0 aromatic carbocycles. The fraction of sp³-hybridized carbons (Fsp3) is 0.933. The number of piperazine rings is 1. The standard InChI is InChI=1S/C15H28N2O4S/c1-14(2,19)12-16-8-10-17(11-9-16)13(18)15(22(3,20)21)6-4-5-7-15/h19H,4-12H2,1-3H3. The van der Waals surface area contributed by atoms with Gasteiger partial charge >= 0.3 is 0 Å². The smallest absolute Gasteiger partial charge is 0.244 e. The molecule has 0 aromatic heterocycles. The van der Waals surface area contributed by atoms with Gasteiger partial charge in [0, 0.05) is 39.0 Å². The summed E-state index contributed by atoms with van der Waals surface area (Å²) in [5.74, 6) is -0.213. The number of aliphatic hydroxyl groups is 1. The summed E-state index contributed by atoms with van der Waals surface area (Å²) in [6.45, 7) is 6.51. The van der Waals surface area contributed by atoms with Crippen LogP contribution in [0, 0.1) is 0 Å². The van der Waals surface area contributed by atoms with Crippen LogP contribution < -0.4 is 0 Å². The van der Waals surface area contributed by atoms with Crippen molar-refractivity contribution in [2.75, 3.05) is 39.0 Å². The number of carbonyl (C=O) groups is 1. The molecule has 2 rings (SSSR count). The average Bonchev–Trinajstić information content (AvgIpc) is 2.87.